The summed E-state index contributed by atoms with van der Waals surface area (Å²) < 4.78 is 28.5. The van der Waals surface area contributed by atoms with Crippen molar-refractivity contribution in [1.82, 2.24) is 4.72 Å². The molecule has 0 fully saturated rings. The van der Waals surface area contributed by atoms with E-state index in [4.69, 9.17) is 0 Å². The second-order valence-electron chi connectivity index (χ2n) is 4.76. The molecule has 1 unspecified atom stereocenters. The Morgan fingerprint density at radius 1 is 1.30 bits per heavy atom. The summed E-state index contributed by atoms with van der Waals surface area (Å²) in [6, 6.07) is 5.68. The van der Waals surface area contributed by atoms with Crippen LogP contribution in [0.3, 0.4) is 0 Å². The summed E-state index contributed by atoms with van der Waals surface area (Å²) >= 11 is 6.31. The molecule has 2 rings (SSSR count). The van der Waals surface area contributed by atoms with Crippen LogP contribution in [0.5, 0.6) is 0 Å². The summed E-state index contributed by atoms with van der Waals surface area (Å²) in [7, 11) is -3.43. The molecule has 0 aromatic carbocycles. The highest BCUT2D eigenvalue weighted by molar-refractivity contribution is 9.11. The number of rotatable bonds is 5. The fraction of sp³-hybridized carbons (Fsp3) is 0.385. The lowest BCUT2D eigenvalue weighted by atomic mass is 10.2. The quantitative estimate of drug-likeness (QED) is 0.830. The maximum absolute atomic E-state index is 12.3. The number of aryl methyl sites for hydroxylation is 2. The maximum atomic E-state index is 12.3. The first-order valence-electron chi connectivity index (χ1n) is 6.11. The van der Waals surface area contributed by atoms with E-state index < -0.39 is 10.0 Å². The van der Waals surface area contributed by atoms with E-state index in [2.05, 4.69) is 39.7 Å². The van der Waals surface area contributed by atoms with Gasteiger partial charge in [-0.1, -0.05) is 0 Å². The predicted octanol–water partition coefficient (Wildman–Crippen LogP) is 4.10. The first-order valence-corrected chi connectivity index (χ1v) is 10.0. The van der Waals surface area contributed by atoms with Gasteiger partial charge < -0.3 is 0 Å². The Bertz CT molecular complexity index is 684. The highest BCUT2D eigenvalue weighted by Gasteiger charge is 2.21. The molecule has 110 valence electrons. The van der Waals surface area contributed by atoms with Gasteiger partial charge >= 0.3 is 0 Å². The fourth-order valence-corrected chi connectivity index (χ4v) is 6.33. The lowest BCUT2D eigenvalue weighted by Crippen LogP contribution is -2.33. The summed E-state index contributed by atoms with van der Waals surface area (Å²) in [6.45, 7) is 5.83. The van der Waals surface area contributed by atoms with Gasteiger partial charge in [0.2, 0.25) is 10.0 Å². The second kappa shape index (κ2) is 6.27. The first-order chi connectivity index (χ1) is 9.28. The van der Waals surface area contributed by atoms with Gasteiger partial charge in [0.15, 0.2) is 0 Å². The van der Waals surface area contributed by atoms with E-state index in [9.17, 15) is 8.42 Å². The van der Waals surface area contributed by atoms with Gasteiger partial charge in [-0.3, -0.25) is 0 Å². The molecule has 1 atom stereocenters. The van der Waals surface area contributed by atoms with Crippen LogP contribution in [-0.2, 0) is 16.4 Å². The molecule has 0 saturated heterocycles. The van der Waals surface area contributed by atoms with Gasteiger partial charge in [-0.05, 0) is 66.9 Å². The van der Waals surface area contributed by atoms with Crippen LogP contribution >= 0.6 is 38.6 Å². The molecule has 0 saturated carbocycles. The molecule has 0 aliphatic carbocycles. The topological polar surface area (TPSA) is 46.2 Å². The molecule has 2 heterocycles. The van der Waals surface area contributed by atoms with Gasteiger partial charge in [0.25, 0.3) is 0 Å². The fourth-order valence-electron chi connectivity index (χ4n) is 1.83. The van der Waals surface area contributed by atoms with Crippen molar-refractivity contribution < 1.29 is 8.42 Å². The molecule has 0 spiro atoms. The van der Waals surface area contributed by atoms with Crippen LogP contribution in [0.15, 0.2) is 26.2 Å². The SMILES string of the molecule is Cc1ccc(CC(C)NS(=O)(=O)c2cc(C)c(Br)s2)s1. The molecular weight excluding hydrogens is 378 g/mol. The summed E-state index contributed by atoms with van der Waals surface area (Å²) in [6.07, 6.45) is 0.712. The number of nitrogens with one attached hydrogen (secondary N) is 1. The number of thiophene rings is 2. The normalized spacial score (nSPS) is 13.6. The Morgan fingerprint density at radius 2 is 2.00 bits per heavy atom. The molecule has 2 aromatic rings. The van der Waals surface area contributed by atoms with Crippen LogP contribution in [-0.4, -0.2) is 14.5 Å². The van der Waals surface area contributed by atoms with Crippen molar-refractivity contribution >= 4 is 48.6 Å². The average molecular weight is 394 g/mol. The molecule has 20 heavy (non-hydrogen) atoms. The Hall–Kier alpha value is -0.210. The Kier molecular flexibility index (Phi) is 5.07. The standard InChI is InChI=1S/C13H16BrNO2S3/c1-8-6-12(19-13(8)14)20(16,17)15-9(2)7-11-5-4-10(3)18-11/h4-6,9,15H,7H2,1-3H3. The molecule has 0 radical (unpaired) electrons. The molecule has 0 bridgehead atoms. The van der Waals surface area contributed by atoms with Crippen molar-refractivity contribution in [2.75, 3.05) is 0 Å². The summed E-state index contributed by atoms with van der Waals surface area (Å²) in [5.74, 6) is 0. The smallest absolute Gasteiger partial charge is 0.207 e. The molecular formula is C13H16BrNO2S3. The zero-order chi connectivity index (χ0) is 14.9. The Morgan fingerprint density at radius 3 is 2.50 bits per heavy atom. The van der Waals surface area contributed by atoms with Gasteiger partial charge in [-0.25, -0.2) is 13.1 Å². The first kappa shape index (κ1) is 16.2. The van der Waals surface area contributed by atoms with E-state index >= 15 is 0 Å². The van der Waals surface area contributed by atoms with Crippen LogP contribution in [0.1, 0.15) is 22.2 Å². The summed E-state index contributed by atoms with van der Waals surface area (Å²) in [5, 5.41) is 0. The molecule has 0 aliphatic heterocycles. The van der Waals surface area contributed by atoms with Gasteiger partial charge in [0.05, 0.1) is 3.79 Å². The highest BCUT2D eigenvalue weighted by atomic mass is 79.9. The second-order valence-corrected chi connectivity index (χ2v) is 10.4. The van der Waals surface area contributed by atoms with Crippen molar-refractivity contribution in [2.24, 2.45) is 0 Å². The largest absolute Gasteiger partial charge is 0.250 e. The van der Waals surface area contributed by atoms with E-state index in [0.717, 1.165) is 9.35 Å². The third-order valence-corrected chi connectivity index (χ3v) is 7.98. The van der Waals surface area contributed by atoms with Crippen molar-refractivity contribution in [1.29, 1.82) is 0 Å². The summed E-state index contributed by atoms with van der Waals surface area (Å²) in [4.78, 5) is 2.44. The zero-order valence-corrected chi connectivity index (χ0v) is 15.5. The third kappa shape index (κ3) is 3.92. The van der Waals surface area contributed by atoms with Gasteiger partial charge in [0, 0.05) is 15.8 Å². The van der Waals surface area contributed by atoms with E-state index in [1.54, 1.807) is 17.4 Å². The van der Waals surface area contributed by atoms with Crippen molar-refractivity contribution in [3.63, 3.8) is 0 Å². The lowest BCUT2D eigenvalue weighted by molar-refractivity contribution is 0.562. The number of halogens is 1. The number of hydrogen-bond donors (Lipinski definition) is 1. The van der Waals surface area contributed by atoms with Crippen LogP contribution < -0.4 is 4.72 Å². The zero-order valence-electron chi connectivity index (χ0n) is 11.4. The molecule has 1 N–H and O–H groups in total. The van der Waals surface area contributed by atoms with Crippen LogP contribution in [0.2, 0.25) is 0 Å². The predicted molar refractivity (Wildman–Crippen MR) is 89.3 cm³/mol. The molecule has 0 amide bonds. The molecule has 2 aromatic heterocycles. The van der Waals surface area contributed by atoms with Crippen LogP contribution in [0, 0.1) is 13.8 Å². The molecule has 0 aliphatic rings. The van der Waals surface area contributed by atoms with E-state index in [1.807, 2.05) is 13.8 Å². The minimum absolute atomic E-state index is 0.126. The maximum Gasteiger partial charge on any atom is 0.250 e. The highest BCUT2D eigenvalue weighted by Crippen LogP contribution is 2.30. The monoisotopic (exact) mass is 393 g/mol. The molecule has 3 nitrogen and oxygen atoms in total. The summed E-state index contributed by atoms with van der Waals surface area (Å²) in [5.41, 5.74) is 0.942. The number of hydrogen-bond acceptors (Lipinski definition) is 4. The van der Waals surface area contributed by atoms with Gasteiger partial charge in [-0.2, -0.15) is 0 Å². The minimum Gasteiger partial charge on any atom is -0.207 e. The van der Waals surface area contributed by atoms with E-state index in [-0.39, 0.29) is 6.04 Å². The van der Waals surface area contributed by atoms with Crippen LogP contribution in [0.25, 0.3) is 0 Å². The van der Waals surface area contributed by atoms with Crippen molar-refractivity contribution in [3.8, 4) is 0 Å². The van der Waals surface area contributed by atoms with Crippen molar-refractivity contribution in [3.05, 3.63) is 37.3 Å². The Labute approximate surface area is 136 Å². The van der Waals surface area contributed by atoms with Crippen LogP contribution in [0.4, 0.5) is 0 Å². The average Bonchev–Trinajstić information content (AvgIpc) is 2.86. The van der Waals surface area contributed by atoms with E-state index in [1.165, 1.54) is 21.1 Å². The lowest BCUT2D eigenvalue weighted by Gasteiger charge is -2.12. The minimum atomic E-state index is -3.43. The Balaban J connectivity index is 2.08. The van der Waals surface area contributed by atoms with Crippen molar-refractivity contribution in [2.45, 2.75) is 37.4 Å². The van der Waals surface area contributed by atoms with E-state index in [0.29, 0.717) is 10.6 Å². The third-order valence-electron chi connectivity index (χ3n) is 2.76. The number of sulfonamides is 1. The van der Waals surface area contributed by atoms with Gasteiger partial charge in [0.1, 0.15) is 4.21 Å². The van der Waals surface area contributed by atoms with Gasteiger partial charge in [-0.15, -0.1) is 22.7 Å². The molecule has 7 heteroatoms.